The van der Waals surface area contributed by atoms with Crippen LogP contribution >= 0.6 is 23.2 Å². The molecule has 4 rings (SSSR count). The lowest BCUT2D eigenvalue weighted by atomic mass is 9.98. The number of fused-ring (bicyclic) bond motifs is 5. The smallest absolute Gasteiger partial charge is 0.194 e. The van der Waals surface area contributed by atoms with E-state index in [0.29, 0.717) is 15.6 Å². The lowest BCUT2D eigenvalue weighted by molar-refractivity contribution is 0.104. The highest BCUT2D eigenvalue weighted by Crippen LogP contribution is 2.42. The monoisotopic (exact) mass is 298 g/mol. The summed E-state index contributed by atoms with van der Waals surface area (Å²) in [6, 6.07) is 15.0. The van der Waals surface area contributed by atoms with Gasteiger partial charge >= 0.3 is 0 Å². The van der Waals surface area contributed by atoms with Gasteiger partial charge in [0.1, 0.15) is 0 Å². The molecule has 1 aliphatic rings. The highest BCUT2D eigenvalue weighted by molar-refractivity contribution is 6.33. The van der Waals surface area contributed by atoms with Crippen molar-refractivity contribution in [2.45, 2.75) is 0 Å². The molecule has 3 aromatic carbocycles. The molecule has 0 aliphatic heterocycles. The van der Waals surface area contributed by atoms with E-state index in [1.165, 1.54) is 0 Å². The molecule has 0 atom stereocenters. The van der Waals surface area contributed by atoms with Crippen molar-refractivity contribution >= 4 is 39.8 Å². The lowest BCUT2D eigenvalue weighted by Gasteiger charge is -2.06. The van der Waals surface area contributed by atoms with Gasteiger partial charge in [0.05, 0.1) is 0 Å². The Balaban J connectivity index is 2.15. The summed E-state index contributed by atoms with van der Waals surface area (Å²) in [5.74, 6) is 0.0364. The number of ketones is 1. The first-order valence-electron chi connectivity index (χ1n) is 6.22. The van der Waals surface area contributed by atoms with E-state index in [9.17, 15) is 4.79 Å². The van der Waals surface area contributed by atoms with E-state index in [0.717, 1.165) is 27.5 Å². The van der Waals surface area contributed by atoms with Gasteiger partial charge in [0.2, 0.25) is 0 Å². The van der Waals surface area contributed by atoms with Crippen LogP contribution in [0.2, 0.25) is 10.0 Å². The van der Waals surface area contributed by atoms with Gasteiger partial charge in [-0.05, 0) is 46.7 Å². The van der Waals surface area contributed by atoms with Crippen LogP contribution in [0.25, 0.3) is 21.9 Å². The Kier molecular flexibility index (Phi) is 2.44. The Hall–Kier alpha value is -1.83. The Morgan fingerprint density at radius 3 is 2.25 bits per heavy atom. The maximum absolute atomic E-state index is 12.5. The van der Waals surface area contributed by atoms with Crippen LogP contribution in [0.3, 0.4) is 0 Å². The zero-order valence-electron chi connectivity index (χ0n) is 10.3. The highest BCUT2D eigenvalue weighted by atomic mass is 35.5. The van der Waals surface area contributed by atoms with Crippen molar-refractivity contribution in [2.75, 3.05) is 0 Å². The molecule has 0 N–H and O–H groups in total. The third-order valence-electron chi connectivity index (χ3n) is 3.72. The molecule has 0 heterocycles. The standard InChI is InChI=1S/C17H8Cl2O/c18-10-2-5-12-9(7-10)1-4-14-16(12)13-6-3-11(19)8-15(13)17(14)20/h1-8H. The van der Waals surface area contributed by atoms with E-state index in [2.05, 4.69) is 0 Å². The van der Waals surface area contributed by atoms with E-state index in [4.69, 9.17) is 23.2 Å². The third-order valence-corrected chi connectivity index (χ3v) is 4.19. The van der Waals surface area contributed by atoms with Crippen molar-refractivity contribution in [3.05, 3.63) is 69.7 Å². The molecule has 20 heavy (non-hydrogen) atoms. The zero-order valence-corrected chi connectivity index (χ0v) is 11.8. The number of carbonyl (C=O) groups is 1. The number of rotatable bonds is 0. The molecule has 0 saturated carbocycles. The van der Waals surface area contributed by atoms with Gasteiger partial charge in [-0.1, -0.05) is 41.4 Å². The van der Waals surface area contributed by atoms with E-state index in [1.54, 1.807) is 6.07 Å². The maximum atomic E-state index is 12.5. The molecule has 0 saturated heterocycles. The van der Waals surface area contributed by atoms with Gasteiger partial charge in [-0.2, -0.15) is 0 Å². The van der Waals surface area contributed by atoms with Gasteiger partial charge < -0.3 is 0 Å². The summed E-state index contributed by atoms with van der Waals surface area (Å²) in [5.41, 5.74) is 3.34. The topological polar surface area (TPSA) is 17.1 Å². The molecule has 1 aliphatic carbocycles. The lowest BCUT2D eigenvalue weighted by Crippen LogP contribution is -1.94. The molecule has 0 spiro atoms. The highest BCUT2D eigenvalue weighted by Gasteiger charge is 2.28. The summed E-state index contributed by atoms with van der Waals surface area (Å²) < 4.78 is 0. The molecule has 0 amide bonds. The van der Waals surface area contributed by atoms with Crippen LogP contribution in [0.5, 0.6) is 0 Å². The Labute approximate surface area is 125 Å². The zero-order chi connectivity index (χ0) is 13.9. The first-order chi connectivity index (χ1) is 9.65. The van der Waals surface area contributed by atoms with Crippen molar-refractivity contribution in [1.29, 1.82) is 0 Å². The summed E-state index contributed by atoms with van der Waals surface area (Å²) in [6.45, 7) is 0. The number of hydrogen-bond acceptors (Lipinski definition) is 1. The van der Waals surface area contributed by atoms with Crippen molar-refractivity contribution in [2.24, 2.45) is 0 Å². The Morgan fingerprint density at radius 1 is 0.700 bits per heavy atom. The summed E-state index contributed by atoms with van der Waals surface area (Å²) in [6.07, 6.45) is 0. The molecular weight excluding hydrogens is 291 g/mol. The Morgan fingerprint density at radius 2 is 1.40 bits per heavy atom. The van der Waals surface area contributed by atoms with Gasteiger partial charge in [-0.15, -0.1) is 0 Å². The van der Waals surface area contributed by atoms with Crippen molar-refractivity contribution < 1.29 is 4.79 Å². The van der Waals surface area contributed by atoms with Crippen LogP contribution in [0, 0.1) is 0 Å². The van der Waals surface area contributed by atoms with Crippen LogP contribution in [0.15, 0.2) is 48.5 Å². The van der Waals surface area contributed by atoms with Crippen LogP contribution in [-0.4, -0.2) is 5.78 Å². The van der Waals surface area contributed by atoms with E-state index in [1.807, 2.05) is 42.5 Å². The quantitative estimate of drug-likeness (QED) is 0.427. The summed E-state index contributed by atoms with van der Waals surface area (Å²) >= 11 is 12.0. The normalized spacial score (nSPS) is 12.6. The second-order valence-corrected chi connectivity index (χ2v) is 5.75. The second-order valence-electron chi connectivity index (χ2n) is 4.87. The number of carbonyl (C=O) groups excluding carboxylic acids is 1. The van der Waals surface area contributed by atoms with Crippen molar-refractivity contribution in [1.82, 2.24) is 0 Å². The predicted octanol–water partition coefficient (Wildman–Crippen LogP) is 5.36. The molecule has 0 unspecified atom stereocenters. The maximum Gasteiger partial charge on any atom is 0.194 e. The SMILES string of the molecule is O=C1c2cc(Cl)ccc2-c2c1ccc1cc(Cl)ccc21. The largest absolute Gasteiger partial charge is 0.289 e. The summed E-state index contributed by atoms with van der Waals surface area (Å²) in [4.78, 5) is 12.5. The minimum atomic E-state index is 0.0364. The second kappa shape index (κ2) is 4.08. The predicted molar refractivity (Wildman–Crippen MR) is 82.8 cm³/mol. The average Bonchev–Trinajstić information content (AvgIpc) is 2.72. The van der Waals surface area contributed by atoms with Gasteiger partial charge in [0.25, 0.3) is 0 Å². The molecule has 0 bridgehead atoms. The Bertz CT molecular complexity index is 897. The van der Waals surface area contributed by atoms with E-state index >= 15 is 0 Å². The average molecular weight is 299 g/mol. The number of halogens is 2. The van der Waals surface area contributed by atoms with Crippen LogP contribution in [0.1, 0.15) is 15.9 Å². The number of hydrogen-bond donors (Lipinski definition) is 0. The van der Waals surface area contributed by atoms with E-state index < -0.39 is 0 Å². The number of benzene rings is 3. The van der Waals surface area contributed by atoms with Gasteiger partial charge in [-0.3, -0.25) is 4.79 Å². The molecule has 0 radical (unpaired) electrons. The van der Waals surface area contributed by atoms with Crippen LogP contribution in [0.4, 0.5) is 0 Å². The minimum absolute atomic E-state index is 0.0364. The fourth-order valence-corrected chi connectivity index (χ4v) is 3.20. The van der Waals surface area contributed by atoms with Gasteiger partial charge in [-0.25, -0.2) is 0 Å². The molecule has 1 nitrogen and oxygen atoms in total. The third kappa shape index (κ3) is 1.54. The van der Waals surface area contributed by atoms with Crippen LogP contribution in [-0.2, 0) is 0 Å². The molecule has 0 fully saturated rings. The fourth-order valence-electron chi connectivity index (χ4n) is 2.85. The summed E-state index contributed by atoms with van der Waals surface area (Å²) in [7, 11) is 0. The fraction of sp³-hybridized carbons (Fsp3) is 0. The van der Waals surface area contributed by atoms with Gasteiger partial charge in [0, 0.05) is 26.7 Å². The van der Waals surface area contributed by atoms with Crippen molar-refractivity contribution in [3.8, 4) is 11.1 Å². The molecule has 96 valence electrons. The molecular formula is C17H8Cl2O. The molecule has 0 aromatic heterocycles. The first-order valence-corrected chi connectivity index (χ1v) is 6.97. The molecule has 3 aromatic rings. The van der Waals surface area contributed by atoms with Gasteiger partial charge in [0.15, 0.2) is 5.78 Å². The van der Waals surface area contributed by atoms with E-state index in [-0.39, 0.29) is 5.78 Å². The van der Waals surface area contributed by atoms with Crippen LogP contribution < -0.4 is 0 Å². The molecule has 3 heteroatoms. The summed E-state index contributed by atoms with van der Waals surface area (Å²) in [5, 5.41) is 3.35. The first kappa shape index (κ1) is 12.0. The van der Waals surface area contributed by atoms with Crippen molar-refractivity contribution in [3.63, 3.8) is 0 Å². The minimum Gasteiger partial charge on any atom is -0.289 e.